The highest BCUT2D eigenvalue weighted by Crippen LogP contribution is 2.41. The van der Waals surface area contributed by atoms with Crippen molar-refractivity contribution in [3.63, 3.8) is 0 Å². The number of methoxy groups -OCH3 is 1. The van der Waals surface area contributed by atoms with Crippen molar-refractivity contribution in [3.05, 3.63) is 47.8 Å². The number of benzene rings is 1. The van der Waals surface area contributed by atoms with E-state index in [0.29, 0.717) is 18.1 Å². The van der Waals surface area contributed by atoms with Crippen molar-refractivity contribution < 1.29 is 4.74 Å². The van der Waals surface area contributed by atoms with Crippen molar-refractivity contribution in [2.45, 2.75) is 57.3 Å². The predicted octanol–water partition coefficient (Wildman–Crippen LogP) is 3.57. The Kier molecular flexibility index (Phi) is 3.85. The van der Waals surface area contributed by atoms with Crippen molar-refractivity contribution in [2.75, 3.05) is 7.11 Å². The summed E-state index contributed by atoms with van der Waals surface area (Å²) >= 11 is 0. The van der Waals surface area contributed by atoms with Crippen LogP contribution < -0.4 is 4.74 Å². The third-order valence-electron chi connectivity index (χ3n) is 5.46. The highest BCUT2D eigenvalue weighted by molar-refractivity contribution is 5.28. The third kappa shape index (κ3) is 2.88. The van der Waals surface area contributed by atoms with Gasteiger partial charge in [-0.15, -0.1) is 0 Å². The Balaban J connectivity index is 1.48. The summed E-state index contributed by atoms with van der Waals surface area (Å²) in [6, 6.07) is 10.4. The van der Waals surface area contributed by atoms with Crippen LogP contribution in [0.3, 0.4) is 0 Å². The Morgan fingerprint density at radius 1 is 1.17 bits per heavy atom. The van der Waals surface area contributed by atoms with Crippen LogP contribution in [0.5, 0.6) is 5.75 Å². The molecule has 2 aliphatic heterocycles. The molecule has 0 amide bonds. The molecule has 2 bridgehead atoms. The van der Waals surface area contributed by atoms with Gasteiger partial charge in [-0.05, 0) is 55.9 Å². The van der Waals surface area contributed by atoms with Crippen LogP contribution in [0.15, 0.2) is 36.7 Å². The largest absolute Gasteiger partial charge is 0.497 e. The fourth-order valence-electron chi connectivity index (χ4n) is 4.33. The lowest BCUT2D eigenvalue weighted by atomic mass is 9.96. The SMILES string of the molecule is COc1cccc(CN2C3CCC2CC(n2cc(C)cn2)C3)c1. The van der Waals surface area contributed by atoms with Gasteiger partial charge in [0.1, 0.15) is 5.75 Å². The van der Waals surface area contributed by atoms with E-state index >= 15 is 0 Å². The summed E-state index contributed by atoms with van der Waals surface area (Å²) in [5, 5.41) is 4.55. The molecule has 0 spiro atoms. The molecule has 0 saturated carbocycles. The van der Waals surface area contributed by atoms with Gasteiger partial charge in [0.25, 0.3) is 0 Å². The van der Waals surface area contributed by atoms with Crippen LogP contribution in [-0.2, 0) is 6.54 Å². The average molecular weight is 311 g/mol. The van der Waals surface area contributed by atoms with Gasteiger partial charge in [-0.1, -0.05) is 12.1 Å². The molecule has 2 saturated heterocycles. The zero-order valence-corrected chi connectivity index (χ0v) is 14.0. The molecule has 122 valence electrons. The van der Waals surface area contributed by atoms with Gasteiger partial charge in [0.15, 0.2) is 0 Å². The first-order valence-electron chi connectivity index (χ1n) is 8.62. The highest BCUT2D eigenvalue weighted by Gasteiger charge is 2.41. The van der Waals surface area contributed by atoms with Gasteiger partial charge in [0.05, 0.1) is 19.3 Å². The first-order valence-corrected chi connectivity index (χ1v) is 8.62. The number of hydrogen-bond acceptors (Lipinski definition) is 3. The summed E-state index contributed by atoms with van der Waals surface area (Å²) in [4.78, 5) is 2.71. The Labute approximate surface area is 138 Å². The van der Waals surface area contributed by atoms with Gasteiger partial charge in [0, 0.05) is 24.8 Å². The summed E-state index contributed by atoms with van der Waals surface area (Å²) < 4.78 is 7.56. The third-order valence-corrected chi connectivity index (χ3v) is 5.46. The molecule has 2 aromatic rings. The van der Waals surface area contributed by atoms with E-state index in [4.69, 9.17) is 4.74 Å². The maximum Gasteiger partial charge on any atom is 0.119 e. The summed E-state index contributed by atoms with van der Waals surface area (Å²) in [6.45, 7) is 3.16. The summed E-state index contributed by atoms with van der Waals surface area (Å²) in [5.41, 5.74) is 2.62. The van der Waals surface area contributed by atoms with Crippen LogP contribution in [-0.4, -0.2) is 33.9 Å². The number of aromatic nitrogens is 2. The number of aryl methyl sites for hydroxylation is 1. The molecule has 4 rings (SSSR count). The first kappa shape index (κ1) is 14.8. The van der Waals surface area contributed by atoms with E-state index in [1.807, 2.05) is 12.3 Å². The topological polar surface area (TPSA) is 30.3 Å². The predicted molar refractivity (Wildman–Crippen MR) is 90.6 cm³/mol. The summed E-state index contributed by atoms with van der Waals surface area (Å²) in [7, 11) is 1.74. The molecule has 2 atom stereocenters. The smallest absolute Gasteiger partial charge is 0.119 e. The zero-order valence-electron chi connectivity index (χ0n) is 14.0. The van der Waals surface area contributed by atoms with Gasteiger partial charge in [-0.2, -0.15) is 5.10 Å². The van der Waals surface area contributed by atoms with E-state index in [1.54, 1.807) is 7.11 Å². The highest BCUT2D eigenvalue weighted by atomic mass is 16.5. The van der Waals surface area contributed by atoms with Crippen LogP contribution in [0.4, 0.5) is 0 Å². The monoisotopic (exact) mass is 311 g/mol. The maximum absolute atomic E-state index is 5.36. The molecule has 2 aliphatic rings. The second-order valence-corrected chi connectivity index (χ2v) is 7.03. The number of fused-ring (bicyclic) bond motifs is 2. The molecule has 0 N–H and O–H groups in total. The Hall–Kier alpha value is -1.81. The quantitative estimate of drug-likeness (QED) is 0.865. The number of piperidine rings is 1. The molecule has 0 aliphatic carbocycles. The van der Waals surface area contributed by atoms with Gasteiger partial charge in [-0.25, -0.2) is 0 Å². The lowest BCUT2D eigenvalue weighted by Gasteiger charge is -2.39. The maximum atomic E-state index is 5.36. The van der Waals surface area contributed by atoms with Gasteiger partial charge in [0.2, 0.25) is 0 Å². The fourth-order valence-corrected chi connectivity index (χ4v) is 4.33. The van der Waals surface area contributed by atoms with Crippen LogP contribution in [0.1, 0.15) is 42.9 Å². The standard InChI is InChI=1S/C19H25N3O/c1-14-11-20-22(12-14)18-9-16-6-7-17(10-18)21(16)13-15-4-3-5-19(8-15)23-2/h3-5,8,11-12,16-18H,6-7,9-10,13H2,1-2H3. The molecule has 2 unspecified atom stereocenters. The van der Waals surface area contributed by atoms with Gasteiger partial charge >= 0.3 is 0 Å². The van der Waals surface area contributed by atoms with E-state index in [0.717, 1.165) is 12.3 Å². The van der Waals surface area contributed by atoms with E-state index in [9.17, 15) is 0 Å². The van der Waals surface area contributed by atoms with Crippen molar-refractivity contribution in [1.29, 1.82) is 0 Å². The molecule has 1 aromatic heterocycles. The van der Waals surface area contributed by atoms with Crippen molar-refractivity contribution in [2.24, 2.45) is 0 Å². The second kappa shape index (κ2) is 6.00. The molecule has 4 heteroatoms. The summed E-state index contributed by atoms with van der Waals surface area (Å²) in [6.07, 6.45) is 9.27. The number of hydrogen-bond donors (Lipinski definition) is 0. The van der Waals surface area contributed by atoms with Crippen LogP contribution in [0, 0.1) is 6.92 Å². The number of rotatable bonds is 4. The van der Waals surface area contributed by atoms with Gasteiger partial charge < -0.3 is 4.74 Å². The van der Waals surface area contributed by atoms with E-state index < -0.39 is 0 Å². The molecular formula is C19H25N3O. The van der Waals surface area contributed by atoms with Crippen LogP contribution in [0.25, 0.3) is 0 Å². The van der Waals surface area contributed by atoms with E-state index in [2.05, 4.69) is 46.0 Å². The van der Waals surface area contributed by atoms with E-state index in [1.165, 1.54) is 36.8 Å². The second-order valence-electron chi connectivity index (χ2n) is 7.03. The fraction of sp³-hybridized carbons (Fsp3) is 0.526. The first-order chi connectivity index (χ1) is 11.2. The average Bonchev–Trinajstić information content (AvgIpc) is 3.08. The zero-order chi connectivity index (χ0) is 15.8. The van der Waals surface area contributed by atoms with Crippen LogP contribution in [0.2, 0.25) is 0 Å². The lowest BCUT2D eigenvalue weighted by molar-refractivity contribution is 0.0950. The molecule has 4 nitrogen and oxygen atoms in total. The number of nitrogens with zero attached hydrogens (tertiary/aromatic N) is 3. The minimum absolute atomic E-state index is 0.572. The Bertz CT molecular complexity index is 667. The minimum Gasteiger partial charge on any atom is -0.497 e. The number of ether oxygens (including phenoxy) is 1. The lowest BCUT2D eigenvalue weighted by Crippen LogP contribution is -2.42. The molecule has 2 fully saturated rings. The Morgan fingerprint density at radius 3 is 2.61 bits per heavy atom. The van der Waals surface area contributed by atoms with Crippen molar-refractivity contribution in [1.82, 2.24) is 14.7 Å². The molecule has 3 heterocycles. The van der Waals surface area contributed by atoms with Crippen molar-refractivity contribution in [3.8, 4) is 5.75 Å². The normalized spacial score (nSPS) is 27.3. The van der Waals surface area contributed by atoms with Crippen LogP contribution >= 0.6 is 0 Å². The molecule has 0 radical (unpaired) electrons. The van der Waals surface area contributed by atoms with E-state index in [-0.39, 0.29) is 0 Å². The molecule has 23 heavy (non-hydrogen) atoms. The van der Waals surface area contributed by atoms with Gasteiger partial charge in [-0.3, -0.25) is 9.58 Å². The minimum atomic E-state index is 0.572. The van der Waals surface area contributed by atoms with Crippen molar-refractivity contribution >= 4 is 0 Å². The molecule has 1 aromatic carbocycles. The Morgan fingerprint density at radius 2 is 1.96 bits per heavy atom. The summed E-state index contributed by atoms with van der Waals surface area (Å²) in [5.74, 6) is 0.955. The molecular weight excluding hydrogens is 286 g/mol.